The zero-order chi connectivity index (χ0) is 33.2. The molecule has 6 rings (SSSR count). The number of aliphatic carboxylic acids is 1. The van der Waals surface area contributed by atoms with Crippen molar-refractivity contribution in [2.24, 2.45) is 0 Å². The number of hydrogen-bond acceptors (Lipinski definition) is 6. The fraction of sp³-hybridized carbons (Fsp3) is 0.273. The van der Waals surface area contributed by atoms with Crippen LogP contribution < -0.4 is 9.47 Å². The molecule has 0 spiro atoms. The molecule has 0 saturated carbocycles. The molecule has 1 atom stereocenters. The number of aryl methyl sites for hydroxylation is 1. The van der Waals surface area contributed by atoms with E-state index in [2.05, 4.69) is 15.0 Å². The predicted octanol–water partition coefficient (Wildman–Crippen LogP) is 7.06. The molecule has 0 saturated heterocycles. The number of carbonyl (C=O) groups is 1. The molecule has 2 aromatic heterocycles. The summed E-state index contributed by atoms with van der Waals surface area (Å²) in [5.41, 5.74) is 0.461. The summed E-state index contributed by atoms with van der Waals surface area (Å²) in [6.45, 7) is 5.85. The molecule has 0 amide bonds. The number of aromatic amines is 2. The fourth-order valence-corrected chi connectivity index (χ4v) is 7.35. The molecule has 0 aliphatic carbocycles. The van der Waals surface area contributed by atoms with E-state index in [0.717, 1.165) is 23.4 Å². The second-order valence-electron chi connectivity index (χ2n) is 12.3. The average molecular weight is 654 g/mol. The van der Waals surface area contributed by atoms with Crippen LogP contribution in [-0.4, -0.2) is 46.3 Å². The summed E-state index contributed by atoms with van der Waals surface area (Å²) in [7, 11) is -4.10. The summed E-state index contributed by atoms with van der Waals surface area (Å²) in [6, 6.07) is 10.3. The van der Waals surface area contributed by atoms with E-state index in [4.69, 9.17) is 9.47 Å². The average Bonchev–Trinajstić information content (AvgIpc) is 3.65. The number of hydrogen-bond donors (Lipinski definition) is 3. The Hall–Kier alpha value is -4.78. The zero-order valence-corrected chi connectivity index (χ0v) is 26.1. The molecule has 0 radical (unpaired) electrons. The number of nitrogens with zero attached hydrogens (tertiary/aromatic N) is 1. The van der Waals surface area contributed by atoms with Crippen LogP contribution >= 0.6 is 0 Å². The summed E-state index contributed by atoms with van der Waals surface area (Å²) >= 11 is 0. The number of sulfone groups is 1. The summed E-state index contributed by atoms with van der Waals surface area (Å²) in [5.74, 6) is -4.75. The number of benzene rings is 3. The predicted molar refractivity (Wildman–Crippen MR) is 164 cm³/mol. The van der Waals surface area contributed by atoms with E-state index >= 15 is 8.78 Å². The maximum Gasteiger partial charge on any atom is 0.303 e. The number of nitrogens with one attached hydrogen (secondary N) is 2. The Balaban J connectivity index is 1.41. The van der Waals surface area contributed by atoms with Crippen LogP contribution in [0.1, 0.15) is 50.4 Å². The molecule has 3 aromatic carbocycles. The van der Waals surface area contributed by atoms with Gasteiger partial charge in [-0.05, 0) is 57.0 Å². The lowest BCUT2D eigenvalue weighted by Gasteiger charge is -2.44. The highest BCUT2D eigenvalue weighted by atomic mass is 32.2. The first-order valence-electron chi connectivity index (χ1n) is 14.3. The van der Waals surface area contributed by atoms with Crippen LogP contribution in [-0.2, 0) is 26.5 Å². The van der Waals surface area contributed by atoms with Crippen molar-refractivity contribution < 1.29 is 41.0 Å². The van der Waals surface area contributed by atoms with Gasteiger partial charge in [-0.2, -0.15) is 4.39 Å². The van der Waals surface area contributed by atoms with Gasteiger partial charge in [0.25, 0.3) is 0 Å². The molecular formula is C33H30F3N3O6S. The van der Waals surface area contributed by atoms with Crippen molar-refractivity contribution in [2.75, 3.05) is 6.26 Å². The van der Waals surface area contributed by atoms with Crippen LogP contribution in [0.25, 0.3) is 22.3 Å². The van der Waals surface area contributed by atoms with Gasteiger partial charge in [-0.1, -0.05) is 18.2 Å². The Kier molecular flexibility index (Phi) is 7.42. The van der Waals surface area contributed by atoms with Gasteiger partial charge in [-0.3, -0.25) is 4.79 Å². The normalized spacial score (nSPS) is 17.5. The van der Waals surface area contributed by atoms with Gasteiger partial charge in [0.15, 0.2) is 21.4 Å². The first-order chi connectivity index (χ1) is 21.6. The van der Waals surface area contributed by atoms with E-state index in [-0.39, 0.29) is 40.9 Å². The number of fused-ring (bicyclic) bond motifs is 2. The molecule has 1 aliphatic rings. The fourth-order valence-electron chi connectivity index (χ4n) is 6.31. The standard InChI is InChI=1S/C33H30F3N3O6S/c1-32(2)16-33(3,21-7-5-6-17(28(21)45-32)8-11-24(40)41)23-15-38-31(39-23)20-14-18(9-10-22(20)34)44-29-26(36)25(35)27-19(12-13-37-27)30(29)46(4,42)43/h5-7,9-10,12-15,37H,8,11,16H2,1-4H3,(H,38,39)(H,40,41)/t33-/m1/s1. The summed E-state index contributed by atoms with van der Waals surface area (Å²) in [6.07, 6.45) is 4.43. The second-order valence-corrected chi connectivity index (χ2v) is 14.2. The van der Waals surface area contributed by atoms with Crippen LogP contribution in [0.3, 0.4) is 0 Å². The number of para-hydroxylation sites is 1. The van der Waals surface area contributed by atoms with Crippen molar-refractivity contribution in [3.05, 3.63) is 89.1 Å². The molecule has 9 nitrogen and oxygen atoms in total. The number of H-pyrrole nitrogens is 2. The van der Waals surface area contributed by atoms with Gasteiger partial charge in [-0.15, -0.1) is 0 Å². The Bertz CT molecular complexity index is 2140. The lowest BCUT2D eigenvalue weighted by molar-refractivity contribution is -0.136. The smallest absolute Gasteiger partial charge is 0.303 e. The third kappa shape index (κ3) is 5.38. The molecule has 3 heterocycles. The number of carboxylic acid groups (broad SMARTS) is 1. The third-order valence-corrected chi connectivity index (χ3v) is 9.37. The first kappa shape index (κ1) is 31.2. The third-order valence-electron chi connectivity index (χ3n) is 8.22. The van der Waals surface area contributed by atoms with Gasteiger partial charge in [0.05, 0.1) is 11.1 Å². The van der Waals surface area contributed by atoms with Gasteiger partial charge in [0.2, 0.25) is 5.82 Å². The summed E-state index contributed by atoms with van der Waals surface area (Å²) in [5, 5.41) is 9.16. The number of imidazole rings is 1. The van der Waals surface area contributed by atoms with E-state index in [9.17, 15) is 22.7 Å². The van der Waals surface area contributed by atoms with E-state index < -0.39 is 54.9 Å². The second kappa shape index (κ2) is 10.9. The molecular weight excluding hydrogens is 623 g/mol. The van der Waals surface area contributed by atoms with E-state index in [1.54, 1.807) is 6.20 Å². The minimum atomic E-state index is -4.10. The zero-order valence-electron chi connectivity index (χ0n) is 25.3. The van der Waals surface area contributed by atoms with Gasteiger partial charge >= 0.3 is 5.97 Å². The molecule has 13 heteroatoms. The van der Waals surface area contributed by atoms with E-state index in [1.165, 1.54) is 24.4 Å². The van der Waals surface area contributed by atoms with Gasteiger partial charge in [0.1, 0.15) is 33.6 Å². The quantitative estimate of drug-likeness (QED) is 0.153. The minimum absolute atomic E-state index is 0.0568. The molecule has 46 heavy (non-hydrogen) atoms. The number of rotatable bonds is 8. The first-order valence-corrected chi connectivity index (χ1v) is 16.2. The molecule has 1 aliphatic heterocycles. The lowest BCUT2D eigenvalue weighted by Crippen LogP contribution is -2.44. The summed E-state index contributed by atoms with van der Waals surface area (Å²) in [4.78, 5) is 20.9. The van der Waals surface area contributed by atoms with E-state index in [0.29, 0.717) is 17.9 Å². The largest absolute Gasteiger partial charge is 0.487 e. The Morgan fingerprint density at radius 3 is 2.59 bits per heavy atom. The van der Waals surface area contributed by atoms with E-state index in [1.807, 2.05) is 39.0 Å². The van der Waals surface area contributed by atoms with Crippen molar-refractivity contribution in [2.45, 2.75) is 55.9 Å². The topological polar surface area (TPSA) is 134 Å². The van der Waals surface area contributed by atoms with Crippen molar-refractivity contribution in [1.82, 2.24) is 15.0 Å². The molecule has 5 aromatic rings. The molecule has 3 N–H and O–H groups in total. The number of carboxylic acids is 1. The Labute approximate surface area is 262 Å². The lowest BCUT2D eigenvalue weighted by atomic mass is 9.69. The molecule has 0 unspecified atom stereocenters. The Morgan fingerprint density at radius 1 is 1.11 bits per heavy atom. The minimum Gasteiger partial charge on any atom is -0.487 e. The van der Waals surface area contributed by atoms with Crippen molar-refractivity contribution >= 4 is 26.7 Å². The van der Waals surface area contributed by atoms with Gasteiger partial charge in [-0.25, -0.2) is 22.2 Å². The number of ether oxygens (including phenoxy) is 2. The highest BCUT2D eigenvalue weighted by Crippen LogP contribution is 2.50. The molecule has 0 bridgehead atoms. The van der Waals surface area contributed by atoms with Gasteiger partial charge < -0.3 is 24.5 Å². The van der Waals surface area contributed by atoms with Gasteiger partial charge in [0, 0.05) is 53.5 Å². The highest BCUT2D eigenvalue weighted by molar-refractivity contribution is 7.91. The van der Waals surface area contributed by atoms with Crippen LogP contribution in [0, 0.1) is 17.5 Å². The Morgan fingerprint density at radius 2 is 1.87 bits per heavy atom. The SMILES string of the molecule is CC1(C)C[C@@](C)(c2cnc(-c3cc(Oc4c(F)c(F)c5[nH]ccc5c4S(C)(=O)=O)ccc3F)[nH]2)c2cccc(CCC(=O)O)c2O1. The van der Waals surface area contributed by atoms with Crippen molar-refractivity contribution in [3.63, 3.8) is 0 Å². The van der Waals surface area contributed by atoms with Crippen molar-refractivity contribution in [3.8, 4) is 28.6 Å². The van der Waals surface area contributed by atoms with Crippen LogP contribution in [0.2, 0.25) is 0 Å². The molecule has 0 fully saturated rings. The number of aromatic nitrogens is 3. The van der Waals surface area contributed by atoms with Crippen molar-refractivity contribution in [1.29, 1.82) is 0 Å². The maximum atomic E-state index is 15.3. The molecule has 240 valence electrons. The number of halogens is 3. The maximum absolute atomic E-state index is 15.3. The van der Waals surface area contributed by atoms with Crippen LogP contribution in [0.4, 0.5) is 13.2 Å². The van der Waals surface area contributed by atoms with Crippen LogP contribution in [0.15, 0.2) is 59.8 Å². The highest BCUT2D eigenvalue weighted by Gasteiger charge is 2.45. The monoisotopic (exact) mass is 653 g/mol. The van der Waals surface area contributed by atoms with Crippen LogP contribution in [0.5, 0.6) is 17.2 Å². The summed E-state index contributed by atoms with van der Waals surface area (Å²) < 4.78 is 82.7.